The summed E-state index contributed by atoms with van der Waals surface area (Å²) in [5.74, 6) is -0.425. The first-order chi connectivity index (χ1) is 4.81. The molecule has 3 nitrogen and oxygen atoms in total. The maximum atomic E-state index is 10.4. The molecule has 0 spiro atoms. The van der Waals surface area contributed by atoms with Crippen molar-refractivity contribution in [2.45, 2.75) is 6.42 Å². The Morgan fingerprint density at radius 3 is 2.90 bits per heavy atom. The summed E-state index contributed by atoms with van der Waals surface area (Å²) in [6.45, 7) is 3.56. The van der Waals surface area contributed by atoms with E-state index in [1.165, 1.54) is 0 Å². The van der Waals surface area contributed by atoms with Crippen LogP contribution in [0.1, 0.15) is 6.42 Å². The molecule has 0 rings (SSSR count). The van der Waals surface area contributed by atoms with Crippen LogP contribution in [-0.4, -0.2) is 24.3 Å². The number of esters is 1. The summed E-state index contributed by atoms with van der Waals surface area (Å²) < 4.78 is 4.59. The summed E-state index contributed by atoms with van der Waals surface area (Å²) in [4.78, 5) is 10.4. The highest BCUT2D eigenvalue weighted by Crippen LogP contribution is 1.87. The minimum Gasteiger partial charge on any atom is -0.463 e. The van der Waals surface area contributed by atoms with Gasteiger partial charge in [0.1, 0.15) is 0 Å². The SMILES string of the molecule is C=CC(=O)OCC[CH]CO. The lowest BCUT2D eigenvalue weighted by Crippen LogP contribution is -2.02. The topological polar surface area (TPSA) is 46.5 Å². The summed E-state index contributed by atoms with van der Waals surface area (Å²) in [7, 11) is 0. The fourth-order valence-corrected chi connectivity index (χ4v) is 0.393. The van der Waals surface area contributed by atoms with Crippen molar-refractivity contribution in [3.63, 3.8) is 0 Å². The second-order valence-corrected chi connectivity index (χ2v) is 1.63. The van der Waals surface area contributed by atoms with E-state index in [4.69, 9.17) is 5.11 Å². The lowest BCUT2D eigenvalue weighted by molar-refractivity contribution is -0.137. The molecule has 1 radical (unpaired) electrons. The largest absolute Gasteiger partial charge is 0.463 e. The molecule has 1 N–H and O–H groups in total. The second kappa shape index (κ2) is 6.29. The monoisotopic (exact) mass is 143 g/mol. The summed E-state index contributed by atoms with van der Waals surface area (Å²) in [6, 6.07) is 0. The van der Waals surface area contributed by atoms with Crippen molar-refractivity contribution >= 4 is 5.97 Å². The number of unbranched alkanes of at least 4 members (excludes halogenated alkanes) is 1. The summed E-state index contributed by atoms with van der Waals surface area (Å²) >= 11 is 0. The third-order valence-corrected chi connectivity index (χ3v) is 0.862. The fourth-order valence-electron chi connectivity index (χ4n) is 0.393. The van der Waals surface area contributed by atoms with Crippen LogP contribution in [0.3, 0.4) is 0 Å². The molecule has 10 heavy (non-hydrogen) atoms. The van der Waals surface area contributed by atoms with Crippen LogP contribution in [0, 0.1) is 6.42 Å². The van der Waals surface area contributed by atoms with Gasteiger partial charge in [0.05, 0.1) is 6.61 Å². The number of rotatable bonds is 5. The molecule has 0 aromatic carbocycles. The molecule has 0 saturated carbocycles. The van der Waals surface area contributed by atoms with E-state index >= 15 is 0 Å². The van der Waals surface area contributed by atoms with Gasteiger partial charge in [0.2, 0.25) is 0 Å². The molecule has 0 fully saturated rings. The summed E-state index contributed by atoms with van der Waals surface area (Å²) in [5, 5.41) is 8.27. The molecule has 57 valence electrons. The van der Waals surface area contributed by atoms with Gasteiger partial charge in [0.25, 0.3) is 0 Å². The van der Waals surface area contributed by atoms with E-state index in [1.807, 2.05) is 0 Å². The van der Waals surface area contributed by atoms with Gasteiger partial charge in [-0.05, 0) is 12.8 Å². The van der Waals surface area contributed by atoms with E-state index < -0.39 is 5.97 Å². The standard InChI is InChI=1S/C7H11O3/c1-2-7(9)10-6-4-3-5-8/h2-3,8H,1,4-6H2. The zero-order valence-electron chi connectivity index (χ0n) is 5.75. The average molecular weight is 143 g/mol. The smallest absolute Gasteiger partial charge is 0.330 e. The molecule has 0 heterocycles. The number of carbonyl (C=O) groups is 1. The van der Waals surface area contributed by atoms with Crippen LogP contribution in [0.25, 0.3) is 0 Å². The van der Waals surface area contributed by atoms with E-state index in [1.54, 1.807) is 6.42 Å². The van der Waals surface area contributed by atoms with Crippen molar-refractivity contribution in [3.05, 3.63) is 19.1 Å². The molecule has 0 amide bonds. The second-order valence-electron chi connectivity index (χ2n) is 1.63. The van der Waals surface area contributed by atoms with E-state index in [9.17, 15) is 4.79 Å². The minimum absolute atomic E-state index is 0.0195. The summed E-state index contributed by atoms with van der Waals surface area (Å²) in [5.41, 5.74) is 0. The van der Waals surface area contributed by atoms with Gasteiger partial charge in [-0.1, -0.05) is 6.58 Å². The maximum absolute atomic E-state index is 10.4. The Kier molecular flexibility index (Phi) is 5.77. The highest BCUT2D eigenvalue weighted by molar-refractivity contribution is 5.81. The van der Waals surface area contributed by atoms with E-state index in [2.05, 4.69) is 11.3 Å². The number of ether oxygens (including phenoxy) is 1. The number of aliphatic hydroxyl groups excluding tert-OH is 1. The minimum atomic E-state index is -0.425. The van der Waals surface area contributed by atoms with Crippen molar-refractivity contribution in [3.8, 4) is 0 Å². The van der Waals surface area contributed by atoms with Gasteiger partial charge in [0, 0.05) is 12.7 Å². The van der Waals surface area contributed by atoms with Gasteiger partial charge in [-0.2, -0.15) is 0 Å². The van der Waals surface area contributed by atoms with Gasteiger partial charge in [0.15, 0.2) is 0 Å². The first kappa shape index (κ1) is 9.17. The van der Waals surface area contributed by atoms with Crippen LogP contribution in [0.4, 0.5) is 0 Å². The highest BCUT2D eigenvalue weighted by Gasteiger charge is 1.93. The van der Waals surface area contributed by atoms with Crippen molar-refractivity contribution in [2.75, 3.05) is 13.2 Å². The van der Waals surface area contributed by atoms with Crippen molar-refractivity contribution in [1.29, 1.82) is 0 Å². The molecular formula is C7H11O3. The van der Waals surface area contributed by atoms with Crippen molar-refractivity contribution < 1.29 is 14.6 Å². The molecule has 0 aliphatic heterocycles. The lowest BCUT2D eigenvalue weighted by Gasteiger charge is -1.98. The molecule has 0 bridgehead atoms. The Hall–Kier alpha value is -0.830. The zero-order valence-corrected chi connectivity index (χ0v) is 5.75. The molecular weight excluding hydrogens is 132 g/mol. The number of carbonyl (C=O) groups excluding carboxylic acids is 1. The van der Waals surface area contributed by atoms with Gasteiger partial charge in [-0.25, -0.2) is 4.79 Å². The predicted molar refractivity (Wildman–Crippen MR) is 37.2 cm³/mol. The number of aliphatic hydroxyl groups is 1. The Balaban J connectivity index is 3.03. The highest BCUT2D eigenvalue weighted by atomic mass is 16.5. The maximum Gasteiger partial charge on any atom is 0.330 e. The van der Waals surface area contributed by atoms with Crippen LogP contribution < -0.4 is 0 Å². The van der Waals surface area contributed by atoms with Crippen LogP contribution in [0.2, 0.25) is 0 Å². The predicted octanol–water partition coefficient (Wildman–Crippen LogP) is 0.302. The molecule has 3 heteroatoms. The van der Waals surface area contributed by atoms with Gasteiger partial charge in [-0.15, -0.1) is 0 Å². The first-order valence-electron chi connectivity index (χ1n) is 3.03. The van der Waals surface area contributed by atoms with Crippen LogP contribution >= 0.6 is 0 Å². The third-order valence-electron chi connectivity index (χ3n) is 0.862. The summed E-state index contributed by atoms with van der Waals surface area (Å²) in [6.07, 6.45) is 3.31. The Bertz CT molecular complexity index is 109. The lowest BCUT2D eigenvalue weighted by atomic mass is 10.3. The Morgan fingerprint density at radius 1 is 1.70 bits per heavy atom. The molecule has 0 atom stereocenters. The Morgan fingerprint density at radius 2 is 2.40 bits per heavy atom. The number of hydrogen-bond donors (Lipinski definition) is 1. The molecule has 0 aliphatic carbocycles. The van der Waals surface area contributed by atoms with Crippen LogP contribution in [-0.2, 0) is 9.53 Å². The molecule has 0 saturated heterocycles. The van der Waals surface area contributed by atoms with E-state index in [0.29, 0.717) is 13.0 Å². The van der Waals surface area contributed by atoms with Gasteiger partial charge in [-0.3, -0.25) is 0 Å². The van der Waals surface area contributed by atoms with Gasteiger partial charge >= 0.3 is 5.97 Å². The van der Waals surface area contributed by atoms with Crippen LogP contribution in [0.5, 0.6) is 0 Å². The zero-order chi connectivity index (χ0) is 7.82. The van der Waals surface area contributed by atoms with E-state index in [-0.39, 0.29) is 6.61 Å². The molecule has 0 aromatic heterocycles. The quantitative estimate of drug-likeness (QED) is 0.342. The fraction of sp³-hybridized carbons (Fsp3) is 0.429. The average Bonchev–Trinajstić information content (AvgIpc) is 1.98. The van der Waals surface area contributed by atoms with Gasteiger partial charge < -0.3 is 9.84 Å². The molecule has 0 unspecified atom stereocenters. The first-order valence-corrected chi connectivity index (χ1v) is 3.03. The van der Waals surface area contributed by atoms with Crippen LogP contribution in [0.15, 0.2) is 12.7 Å². The van der Waals surface area contributed by atoms with E-state index in [0.717, 1.165) is 6.08 Å². The number of hydrogen-bond acceptors (Lipinski definition) is 3. The third kappa shape index (κ3) is 5.31. The Labute approximate surface area is 60.3 Å². The normalized spacial score (nSPS) is 8.90. The molecule has 0 aliphatic rings. The van der Waals surface area contributed by atoms with Crippen molar-refractivity contribution in [1.82, 2.24) is 0 Å². The molecule has 0 aromatic rings. The van der Waals surface area contributed by atoms with Crippen molar-refractivity contribution in [2.24, 2.45) is 0 Å².